The van der Waals surface area contributed by atoms with Crippen LogP contribution in [0.5, 0.6) is 0 Å². The fourth-order valence-corrected chi connectivity index (χ4v) is 2.10. The number of nitrogens with zero attached hydrogens (tertiary/aromatic N) is 1. The van der Waals surface area contributed by atoms with Crippen LogP contribution in [-0.2, 0) is 19.5 Å². The second-order valence-corrected chi connectivity index (χ2v) is 5.10. The summed E-state index contributed by atoms with van der Waals surface area (Å²) in [6.45, 7) is 0. The van der Waals surface area contributed by atoms with Gasteiger partial charge in [0.25, 0.3) is 0 Å². The Labute approximate surface area is 95.5 Å². The number of alkyl halides is 3. The molecule has 0 atom stereocenters. The Balaban J connectivity index is 4.86. The highest BCUT2D eigenvalue weighted by molar-refractivity contribution is 8.06. The van der Waals surface area contributed by atoms with E-state index in [2.05, 4.69) is 9.99 Å². The molecule has 0 aromatic heterocycles. The van der Waals surface area contributed by atoms with Crippen molar-refractivity contribution in [1.29, 1.82) is 0 Å². The molecule has 2 N–H and O–H groups in total. The molecular formula is C7H11F3N2O4S. The predicted molar refractivity (Wildman–Crippen MR) is 52.7 cm³/mol. The van der Waals surface area contributed by atoms with E-state index in [1.807, 2.05) is 0 Å². The molecule has 0 radical (unpaired) electrons. The highest BCUT2D eigenvalue weighted by Crippen LogP contribution is 2.20. The zero-order valence-electron chi connectivity index (χ0n) is 8.82. The van der Waals surface area contributed by atoms with Gasteiger partial charge >= 0.3 is 6.18 Å². The van der Waals surface area contributed by atoms with E-state index in [1.54, 1.807) is 0 Å². The number of halogens is 3. The molecule has 0 aliphatic rings. The van der Waals surface area contributed by atoms with Gasteiger partial charge in [0.2, 0.25) is 5.91 Å². The zero-order valence-corrected chi connectivity index (χ0v) is 9.64. The van der Waals surface area contributed by atoms with E-state index in [4.69, 9.17) is 5.73 Å². The third kappa shape index (κ3) is 6.76. The van der Waals surface area contributed by atoms with E-state index < -0.39 is 45.6 Å². The lowest BCUT2D eigenvalue weighted by Gasteiger charge is -2.08. The Hall–Kier alpha value is -1.32. The number of carbonyl (C=O) groups is 1. The van der Waals surface area contributed by atoms with Crippen molar-refractivity contribution in [3.8, 4) is 0 Å². The molecule has 0 heterocycles. The Morgan fingerprint density at radius 1 is 1.41 bits per heavy atom. The monoisotopic (exact) mass is 276 g/mol. The van der Waals surface area contributed by atoms with Crippen molar-refractivity contribution in [3.63, 3.8) is 0 Å². The standard InChI is InChI=1S/C7H11F3N2O4S/c1-16-12-6(4-5(11)13)17(14,15)3-2-7(8,9)10/h2-4H2,1H3,(H2,11,13). The maximum absolute atomic E-state index is 11.9. The highest BCUT2D eigenvalue weighted by atomic mass is 32.2. The fourth-order valence-electron chi connectivity index (χ4n) is 0.818. The van der Waals surface area contributed by atoms with Gasteiger partial charge in [0.05, 0.1) is 18.6 Å². The van der Waals surface area contributed by atoms with Crippen LogP contribution >= 0.6 is 0 Å². The lowest BCUT2D eigenvalue weighted by Crippen LogP contribution is -2.27. The number of carbonyl (C=O) groups excluding carboxylic acids is 1. The van der Waals surface area contributed by atoms with Crippen molar-refractivity contribution in [2.45, 2.75) is 19.0 Å². The Morgan fingerprint density at radius 2 is 1.94 bits per heavy atom. The maximum atomic E-state index is 11.9. The highest BCUT2D eigenvalue weighted by Gasteiger charge is 2.32. The van der Waals surface area contributed by atoms with Crippen molar-refractivity contribution in [2.75, 3.05) is 12.9 Å². The van der Waals surface area contributed by atoms with Crippen LogP contribution in [0, 0.1) is 0 Å². The summed E-state index contributed by atoms with van der Waals surface area (Å²) in [5, 5.41) is 2.19. The first-order valence-corrected chi connectivity index (χ1v) is 5.91. The molecule has 0 aromatic rings. The van der Waals surface area contributed by atoms with E-state index in [0.717, 1.165) is 7.11 Å². The van der Waals surface area contributed by atoms with Gasteiger partial charge in [-0.05, 0) is 0 Å². The average Bonchev–Trinajstić information content (AvgIpc) is 2.13. The molecule has 6 nitrogen and oxygen atoms in total. The minimum atomic E-state index is -4.61. The smallest absolute Gasteiger partial charge is 0.390 e. The summed E-state index contributed by atoms with van der Waals surface area (Å²) in [6, 6.07) is 0. The summed E-state index contributed by atoms with van der Waals surface area (Å²) in [7, 11) is -3.31. The van der Waals surface area contributed by atoms with E-state index in [1.165, 1.54) is 0 Å². The van der Waals surface area contributed by atoms with E-state index in [-0.39, 0.29) is 0 Å². The van der Waals surface area contributed by atoms with Gasteiger partial charge in [-0.1, -0.05) is 5.16 Å². The summed E-state index contributed by atoms with van der Waals surface area (Å²) >= 11 is 0. The maximum Gasteiger partial charge on any atom is 0.390 e. The van der Waals surface area contributed by atoms with Crippen molar-refractivity contribution < 1.29 is 31.2 Å². The van der Waals surface area contributed by atoms with Crippen LogP contribution in [0.25, 0.3) is 0 Å². The largest absolute Gasteiger partial charge is 0.398 e. The Bertz CT molecular complexity index is 402. The molecule has 0 aliphatic carbocycles. The van der Waals surface area contributed by atoms with Crippen LogP contribution in [0.4, 0.5) is 13.2 Å². The summed E-state index contributed by atoms with van der Waals surface area (Å²) in [5.74, 6) is -2.23. The zero-order chi connectivity index (χ0) is 13.7. The Kier molecular flexibility index (Phi) is 5.39. The number of nitrogens with two attached hydrogens (primary N) is 1. The SMILES string of the molecule is CON=C(CC(N)=O)S(=O)(=O)CCC(F)(F)F. The van der Waals surface area contributed by atoms with Crippen molar-refractivity contribution in [3.05, 3.63) is 0 Å². The van der Waals surface area contributed by atoms with Gasteiger partial charge < -0.3 is 10.6 Å². The van der Waals surface area contributed by atoms with E-state index >= 15 is 0 Å². The first-order valence-electron chi connectivity index (χ1n) is 4.26. The first-order chi connectivity index (χ1) is 7.58. The van der Waals surface area contributed by atoms with Gasteiger partial charge in [-0.25, -0.2) is 8.42 Å². The van der Waals surface area contributed by atoms with Crippen molar-refractivity contribution in [1.82, 2.24) is 0 Å². The molecule has 0 spiro atoms. The van der Waals surface area contributed by atoms with Crippen LogP contribution in [0.3, 0.4) is 0 Å². The van der Waals surface area contributed by atoms with Gasteiger partial charge in [0.1, 0.15) is 7.11 Å². The van der Waals surface area contributed by atoms with Crippen LogP contribution < -0.4 is 5.73 Å². The number of sulfone groups is 1. The van der Waals surface area contributed by atoms with Crippen LogP contribution in [0.2, 0.25) is 0 Å². The lowest BCUT2D eigenvalue weighted by molar-refractivity contribution is -0.129. The molecule has 0 rings (SSSR count). The molecule has 10 heteroatoms. The summed E-state index contributed by atoms with van der Waals surface area (Å²) in [4.78, 5) is 14.7. The Morgan fingerprint density at radius 3 is 2.29 bits per heavy atom. The normalized spacial score (nSPS) is 13.5. The van der Waals surface area contributed by atoms with Crippen LogP contribution in [0.15, 0.2) is 5.16 Å². The summed E-state index contributed by atoms with van der Waals surface area (Å²) in [6.07, 6.45) is -6.94. The van der Waals surface area contributed by atoms with Crippen LogP contribution in [0.1, 0.15) is 12.8 Å². The number of amides is 1. The minimum Gasteiger partial charge on any atom is -0.398 e. The minimum absolute atomic E-state index is 0.798. The molecule has 0 fully saturated rings. The number of rotatable bonds is 5. The molecule has 100 valence electrons. The number of hydrogen-bond acceptors (Lipinski definition) is 5. The quantitative estimate of drug-likeness (QED) is 0.440. The number of primary amides is 1. The third-order valence-electron chi connectivity index (χ3n) is 1.53. The third-order valence-corrected chi connectivity index (χ3v) is 3.21. The number of oxime groups is 1. The first kappa shape index (κ1) is 15.7. The van der Waals surface area contributed by atoms with Crippen molar-refractivity contribution in [2.24, 2.45) is 10.9 Å². The summed E-state index contributed by atoms with van der Waals surface area (Å²) < 4.78 is 58.4. The van der Waals surface area contributed by atoms with E-state index in [9.17, 15) is 26.4 Å². The molecule has 0 saturated heterocycles. The topological polar surface area (TPSA) is 98.8 Å². The molecule has 0 aromatic carbocycles. The van der Waals surface area contributed by atoms with Gasteiger partial charge in [0, 0.05) is 0 Å². The van der Waals surface area contributed by atoms with Gasteiger partial charge in [-0.15, -0.1) is 0 Å². The summed E-state index contributed by atoms with van der Waals surface area (Å²) in [5.41, 5.74) is 4.74. The average molecular weight is 276 g/mol. The molecule has 17 heavy (non-hydrogen) atoms. The molecule has 0 aliphatic heterocycles. The van der Waals surface area contributed by atoms with Gasteiger partial charge in [-0.3, -0.25) is 4.79 Å². The van der Waals surface area contributed by atoms with Gasteiger partial charge in [-0.2, -0.15) is 13.2 Å². The second kappa shape index (κ2) is 5.84. The lowest BCUT2D eigenvalue weighted by atomic mass is 10.4. The van der Waals surface area contributed by atoms with Gasteiger partial charge in [0.15, 0.2) is 14.9 Å². The molecule has 1 amide bonds. The molecule has 0 saturated carbocycles. The fraction of sp³-hybridized carbons (Fsp3) is 0.714. The number of hydrogen-bond donors (Lipinski definition) is 1. The van der Waals surface area contributed by atoms with Crippen molar-refractivity contribution >= 4 is 20.8 Å². The van der Waals surface area contributed by atoms with E-state index in [0.29, 0.717) is 0 Å². The van der Waals surface area contributed by atoms with Crippen LogP contribution in [-0.4, -0.2) is 38.4 Å². The second-order valence-electron chi connectivity index (χ2n) is 2.99. The molecular weight excluding hydrogens is 265 g/mol. The predicted octanol–water partition coefficient (Wildman–Crippen LogP) is 0.189. The molecule has 0 unspecified atom stereocenters. The molecule has 0 bridgehead atoms.